The van der Waals surface area contributed by atoms with Crippen LogP contribution in [0.1, 0.15) is 12.0 Å². The van der Waals surface area contributed by atoms with Crippen LogP contribution in [-0.2, 0) is 11.2 Å². The number of nitrogens with zero attached hydrogens (tertiary/aromatic N) is 2. The first kappa shape index (κ1) is 18.8. The number of hydrogen-bond acceptors (Lipinski definition) is 2. The van der Waals surface area contributed by atoms with Gasteiger partial charge in [-0.25, -0.2) is 4.98 Å². The molecular weight excluding hydrogens is 470 g/mol. The molecule has 1 aliphatic heterocycles. The molecule has 136 valence electrons. The monoisotopic (exact) mass is 480 g/mol. The number of pyridine rings is 1. The van der Waals surface area contributed by atoms with Crippen LogP contribution in [0.2, 0.25) is 15.1 Å². The predicted molar refractivity (Wildman–Crippen MR) is 114 cm³/mol. The van der Waals surface area contributed by atoms with Crippen molar-refractivity contribution in [2.45, 2.75) is 12.8 Å². The molecular formula is C20H12BrCl3N2O. The van der Waals surface area contributed by atoms with Crippen LogP contribution in [0.15, 0.2) is 53.1 Å². The van der Waals surface area contributed by atoms with Gasteiger partial charge in [0.1, 0.15) is 4.60 Å². The van der Waals surface area contributed by atoms with Crippen LogP contribution in [0.4, 0.5) is 11.4 Å². The lowest BCUT2D eigenvalue weighted by molar-refractivity contribution is -0.118. The smallest absolute Gasteiger partial charge is 0.231 e. The Labute approximate surface area is 180 Å². The van der Waals surface area contributed by atoms with Gasteiger partial charge >= 0.3 is 0 Å². The molecule has 0 bridgehead atoms. The quantitative estimate of drug-likeness (QED) is 0.366. The average molecular weight is 483 g/mol. The van der Waals surface area contributed by atoms with E-state index in [1.54, 1.807) is 23.1 Å². The third kappa shape index (κ3) is 3.36. The van der Waals surface area contributed by atoms with Crippen molar-refractivity contribution in [3.63, 3.8) is 0 Å². The third-order valence-electron chi connectivity index (χ3n) is 4.44. The standard InChI is InChI=1S/C20H12BrCl3N2O/c21-17-10-16-12(19(25-17)11-4-1-2-5-13(11)22)8-9-18(27)26(16)20-14(23)6-3-7-15(20)24/h1-7,10H,8-9H2. The Morgan fingerprint density at radius 3 is 2.30 bits per heavy atom. The van der Waals surface area contributed by atoms with E-state index in [9.17, 15) is 4.79 Å². The van der Waals surface area contributed by atoms with Crippen molar-refractivity contribution >= 4 is 68.0 Å². The molecule has 0 saturated carbocycles. The van der Waals surface area contributed by atoms with Crippen LogP contribution in [0.25, 0.3) is 11.3 Å². The molecule has 1 amide bonds. The highest BCUT2D eigenvalue weighted by atomic mass is 79.9. The Morgan fingerprint density at radius 2 is 1.59 bits per heavy atom. The van der Waals surface area contributed by atoms with Crippen LogP contribution in [0.3, 0.4) is 0 Å². The number of amides is 1. The lowest BCUT2D eigenvalue weighted by atomic mass is 9.95. The summed E-state index contributed by atoms with van der Waals surface area (Å²) in [7, 11) is 0. The highest BCUT2D eigenvalue weighted by molar-refractivity contribution is 9.10. The van der Waals surface area contributed by atoms with Crippen LogP contribution in [0.5, 0.6) is 0 Å². The number of carbonyl (C=O) groups excluding carboxylic acids is 1. The van der Waals surface area contributed by atoms with Crippen molar-refractivity contribution in [1.82, 2.24) is 4.98 Å². The first-order valence-electron chi connectivity index (χ1n) is 8.18. The molecule has 0 radical (unpaired) electrons. The number of anilines is 2. The number of halogens is 4. The second kappa shape index (κ2) is 7.44. The summed E-state index contributed by atoms with van der Waals surface area (Å²) in [5.74, 6) is -0.0688. The fourth-order valence-electron chi connectivity index (χ4n) is 3.28. The van der Waals surface area contributed by atoms with Gasteiger partial charge in [-0.2, -0.15) is 0 Å². The van der Waals surface area contributed by atoms with Crippen LogP contribution in [0, 0.1) is 0 Å². The fourth-order valence-corrected chi connectivity index (χ4v) is 4.46. The normalized spacial score (nSPS) is 13.6. The van der Waals surface area contributed by atoms with E-state index in [2.05, 4.69) is 20.9 Å². The second-order valence-electron chi connectivity index (χ2n) is 6.07. The Kier molecular flexibility index (Phi) is 5.17. The molecule has 2 heterocycles. The molecule has 0 atom stereocenters. The van der Waals surface area contributed by atoms with Crippen molar-refractivity contribution in [1.29, 1.82) is 0 Å². The summed E-state index contributed by atoms with van der Waals surface area (Å²) < 4.78 is 0.596. The number of para-hydroxylation sites is 1. The molecule has 0 aliphatic carbocycles. The molecule has 0 fully saturated rings. The number of carbonyl (C=O) groups is 1. The topological polar surface area (TPSA) is 33.2 Å². The van der Waals surface area contributed by atoms with E-state index in [4.69, 9.17) is 34.8 Å². The van der Waals surface area contributed by atoms with Crippen molar-refractivity contribution in [3.05, 3.63) is 73.8 Å². The lowest BCUT2D eigenvalue weighted by Crippen LogP contribution is -2.31. The Balaban J connectivity index is 1.99. The molecule has 0 spiro atoms. The van der Waals surface area contributed by atoms with Crippen molar-refractivity contribution in [2.75, 3.05) is 4.90 Å². The maximum Gasteiger partial charge on any atom is 0.231 e. The van der Waals surface area contributed by atoms with Gasteiger partial charge in [0.05, 0.1) is 27.1 Å². The van der Waals surface area contributed by atoms with E-state index in [0.29, 0.717) is 43.9 Å². The molecule has 3 nitrogen and oxygen atoms in total. The summed E-state index contributed by atoms with van der Waals surface area (Å²) in [6.45, 7) is 0. The summed E-state index contributed by atoms with van der Waals surface area (Å²) in [6, 6.07) is 14.5. The molecule has 0 N–H and O–H groups in total. The molecule has 1 aliphatic rings. The number of benzene rings is 2. The zero-order valence-corrected chi connectivity index (χ0v) is 17.7. The summed E-state index contributed by atoms with van der Waals surface area (Å²) >= 11 is 22.6. The first-order valence-corrected chi connectivity index (χ1v) is 10.1. The molecule has 0 saturated heterocycles. The van der Waals surface area contributed by atoms with Gasteiger partial charge in [0.25, 0.3) is 0 Å². The maximum atomic E-state index is 12.8. The largest absolute Gasteiger partial charge is 0.278 e. The van der Waals surface area contributed by atoms with E-state index < -0.39 is 0 Å². The third-order valence-corrected chi connectivity index (χ3v) is 5.78. The maximum absolute atomic E-state index is 12.8. The molecule has 3 aromatic rings. The zero-order chi connectivity index (χ0) is 19.1. The predicted octanol–water partition coefficient (Wildman–Crippen LogP) is 7.08. The van der Waals surface area contributed by atoms with Gasteiger partial charge in [-0.3, -0.25) is 9.69 Å². The number of hydrogen-bond donors (Lipinski definition) is 0. The summed E-state index contributed by atoms with van der Waals surface area (Å²) in [5.41, 5.74) is 3.68. The van der Waals surface area contributed by atoms with Crippen LogP contribution >= 0.6 is 50.7 Å². The average Bonchev–Trinajstić information content (AvgIpc) is 2.63. The molecule has 0 unspecified atom stereocenters. The van der Waals surface area contributed by atoms with Crippen LogP contribution < -0.4 is 4.90 Å². The number of aromatic nitrogens is 1. The summed E-state index contributed by atoms with van der Waals surface area (Å²) in [6.07, 6.45) is 0.892. The minimum Gasteiger partial charge on any atom is -0.278 e. The Bertz CT molecular complexity index is 1050. The van der Waals surface area contributed by atoms with Gasteiger partial charge < -0.3 is 0 Å². The van der Waals surface area contributed by atoms with Gasteiger partial charge in [0.15, 0.2) is 0 Å². The minimum absolute atomic E-state index is 0.0688. The number of fused-ring (bicyclic) bond motifs is 1. The van der Waals surface area contributed by atoms with E-state index in [0.717, 1.165) is 16.8 Å². The lowest BCUT2D eigenvalue weighted by Gasteiger charge is -2.32. The molecule has 1 aromatic heterocycles. The SMILES string of the molecule is O=C1CCc2c(cc(Br)nc2-c2ccccc2Cl)N1c1c(Cl)cccc1Cl. The van der Waals surface area contributed by atoms with Gasteiger partial charge in [0, 0.05) is 22.6 Å². The van der Waals surface area contributed by atoms with Gasteiger partial charge in [-0.05, 0) is 46.6 Å². The minimum atomic E-state index is -0.0688. The number of rotatable bonds is 2. The van der Waals surface area contributed by atoms with Gasteiger partial charge in [-0.1, -0.05) is 59.1 Å². The van der Waals surface area contributed by atoms with E-state index in [1.807, 2.05) is 30.3 Å². The van der Waals surface area contributed by atoms with Crippen molar-refractivity contribution < 1.29 is 4.79 Å². The zero-order valence-electron chi connectivity index (χ0n) is 13.8. The molecule has 4 rings (SSSR count). The van der Waals surface area contributed by atoms with Gasteiger partial charge in [-0.15, -0.1) is 0 Å². The molecule has 7 heteroatoms. The first-order chi connectivity index (χ1) is 13.0. The second-order valence-corrected chi connectivity index (χ2v) is 8.10. The Hall–Kier alpha value is -1.59. The van der Waals surface area contributed by atoms with Gasteiger partial charge in [0.2, 0.25) is 5.91 Å². The summed E-state index contributed by atoms with van der Waals surface area (Å²) in [4.78, 5) is 19.1. The van der Waals surface area contributed by atoms with Crippen molar-refractivity contribution in [2.24, 2.45) is 0 Å². The van der Waals surface area contributed by atoms with E-state index in [-0.39, 0.29) is 5.91 Å². The van der Waals surface area contributed by atoms with Crippen LogP contribution in [-0.4, -0.2) is 10.9 Å². The highest BCUT2D eigenvalue weighted by Gasteiger charge is 2.31. The fraction of sp³-hybridized carbons (Fsp3) is 0.100. The molecule has 27 heavy (non-hydrogen) atoms. The van der Waals surface area contributed by atoms with E-state index in [1.165, 1.54) is 0 Å². The summed E-state index contributed by atoms with van der Waals surface area (Å²) in [5, 5.41) is 1.43. The van der Waals surface area contributed by atoms with Crippen molar-refractivity contribution in [3.8, 4) is 11.3 Å². The van der Waals surface area contributed by atoms with E-state index >= 15 is 0 Å². The highest BCUT2D eigenvalue weighted by Crippen LogP contribution is 2.45. The Morgan fingerprint density at radius 1 is 0.926 bits per heavy atom. The molecule has 2 aromatic carbocycles.